The fourth-order valence-corrected chi connectivity index (χ4v) is 2.52. The van der Waals surface area contributed by atoms with Crippen molar-refractivity contribution in [2.75, 3.05) is 0 Å². The molecule has 3 unspecified atom stereocenters. The van der Waals surface area contributed by atoms with Gasteiger partial charge in [0, 0.05) is 0 Å². The summed E-state index contributed by atoms with van der Waals surface area (Å²) >= 11 is 4.81. The summed E-state index contributed by atoms with van der Waals surface area (Å²) in [6.45, 7) is 6.76. The van der Waals surface area contributed by atoms with Crippen LogP contribution in [0.5, 0.6) is 0 Å². The second kappa shape index (κ2) is 4.96. The molecule has 3 atom stereocenters. The number of thiocarbonyl (C=S) groups is 1. The molecule has 2 nitrogen and oxygen atoms in total. The van der Waals surface area contributed by atoms with Gasteiger partial charge in [0.2, 0.25) is 0 Å². The SMILES string of the molecule is CC1CCC(C(C)C)C(OC(N)=S)C1. The summed E-state index contributed by atoms with van der Waals surface area (Å²) in [4.78, 5) is 0. The Kier molecular flexibility index (Phi) is 4.17. The van der Waals surface area contributed by atoms with Crippen LogP contribution in [0.25, 0.3) is 0 Å². The Morgan fingerprint density at radius 1 is 1.43 bits per heavy atom. The van der Waals surface area contributed by atoms with Gasteiger partial charge in [-0.25, -0.2) is 0 Å². The Balaban J connectivity index is 2.58. The summed E-state index contributed by atoms with van der Waals surface area (Å²) in [5.74, 6) is 2.01. The molecule has 14 heavy (non-hydrogen) atoms. The average Bonchev–Trinajstić information content (AvgIpc) is 2.01. The maximum Gasteiger partial charge on any atom is 0.254 e. The van der Waals surface area contributed by atoms with Crippen LogP contribution >= 0.6 is 12.2 Å². The lowest BCUT2D eigenvalue weighted by molar-refractivity contribution is 0.0384. The molecule has 0 aromatic heterocycles. The minimum atomic E-state index is 0.203. The zero-order chi connectivity index (χ0) is 10.7. The summed E-state index contributed by atoms with van der Waals surface area (Å²) in [5, 5.41) is 0.203. The van der Waals surface area contributed by atoms with E-state index in [1.807, 2.05) is 0 Å². The topological polar surface area (TPSA) is 35.2 Å². The lowest BCUT2D eigenvalue weighted by atomic mass is 9.75. The van der Waals surface area contributed by atoms with Crippen LogP contribution in [0.4, 0.5) is 0 Å². The van der Waals surface area contributed by atoms with Crippen LogP contribution in [0.1, 0.15) is 40.0 Å². The molecule has 1 aliphatic carbocycles. The third-order valence-corrected chi connectivity index (χ3v) is 3.33. The first-order valence-corrected chi connectivity index (χ1v) is 5.87. The van der Waals surface area contributed by atoms with Gasteiger partial charge in [-0.2, -0.15) is 0 Å². The van der Waals surface area contributed by atoms with Gasteiger partial charge in [-0.1, -0.05) is 27.2 Å². The molecule has 1 rings (SSSR count). The molecule has 0 bridgehead atoms. The zero-order valence-corrected chi connectivity index (χ0v) is 10.1. The quantitative estimate of drug-likeness (QED) is 0.719. The van der Waals surface area contributed by atoms with Crippen LogP contribution in [0.3, 0.4) is 0 Å². The van der Waals surface area contributed by atoms with Gasteiger partial charge in [0.25, 0.3) is 5.17 Å². The number of hydrogen-bond acceptors (Lipinski definition) is 2. The molecule has 1 saturated carbocycles. The van der Waals surface area contributed by atoms with E-state index in [1.165, 1.54) is 12.8 Å². The minimum absolute atomic E-state index is 0.203. The molecule has 0 amide bonds. The molecule has 0 spiro atoms. The van der Waals surface area contributed by atoms with E-state index in [-0.39, 0.29) is 11.3 Å². The van der Waals surface area contributed by atoms with Crippen molar-refractivity contribution in [3.05, 3.63) is 0 Å². The van der Waals surface area contributed by atoms with Gasteiger partial charge in [-0.15, -0.1) is 0 Å². The van der Waals surface area contributed by atoms with E-state index in [0.29, 0.717) is 11.8 Å². The second-order valence-corrected chi connectivity index (χ2v) is 5.20. The molecular formula is C11H21NOS. The first-order chi connectivity index (χ1) is 6.50. The summed E-state index contributed by atoms with van der Waals surface area (Å²) in [5.41, 5.74) is 5.44. The Labute approximate surface area is 92.2 Å². The van der Waals surface area contributed by atoms with Crippen LogP contribution in [-0.2, 0) is 4.74 Å². The van der Waals surface area contributed by atoms with E-state index in [2.05, 4.69) is 20.8 Å². The van der Waals surface area contributed by atoms with E-state index < -0.39 is 0 Å². The largest absolute Gasteiger partial charge is 0.468 e. The Bertz CT molecular complexity index is 205. The maximum atomic E-state index is 5.54. The molecule has 0 aromatic carbocycles. The molecule has 0 saturated heterocycles. The number of nitrogens with two attached hydrogens (primary N) is 1. The first-order valence-electron chi connectivity index (χ1n) is 5.46. The highest BCUT2D eigenvalue weighted by Gasteiger charge is 2.32. The highest BCUT2D eigenvalue weighted by molar-refractivity contribution is 7.80. The van der Waals surface area contributed by atoms with Crippen LogP contribution in [0, 0.1) is 17.8 Å². The van der Waals surface area contributed by atoms with Gasteiger partial charge in [-0.05, 0) is 42.8 Å². The van der Waals surface area contributed by atoms with Crippen LogP contribution < -0.4 is 5.73 Å². The predicted molar refractivity (Wildman–Crippen MR) is 63.0 cm³/mol. The highest BCUT2D eigenvalue weighted by Crippen LogP contribution is 2.35. The van der Waals surface area contributed by atoms with Crippen molar-refractivity contribution in [2.45, 2.75) is 46.1 Å². The molecule has 1 aliphatic rings. The normalized spacial score (nSPS) is 33.0. The Hall–Kier alpha value is -0.310. The van der Waals surface area contributed by atoms with Gasteiger partial charge < -0.3 is 10.5 Å². The molecule has 2 N–H and O–H groups in total. The third-order valence-electron chi connectivity index (χ3n) is 3.23. The predicted octanol–water partition coefficient (Wildman–Crippen LogP) is 2.71. The monoisotopic (exact) mass is 215 g/mol. The van der Waals surface area contributed by atoms with E-state index in [0.717, 1.165) is 12.3 Å². The van der Waals surface area contributed by atoms with Crippen molar-refractivity contribution in [1.82, 2.24) is 0 Å². The van der Waals surface area contributed by atoms with Gasteiger partial charge in [0.1, 0.15) is 6.10 Å². The minimum Gasteiger partial charge on any atom is -0.468 e. The van der Waals surface area contributed by atoms with E-state index in [4.69, 9.17) is 22.7 Å². The molecule has 0 aromatic rings. The van der Waals surface area contributed by atoms with Gasteiger partial charge in [-0.3, -0.25) is 0 Å². The second-order valence-electron chi connectivity index (χ2n) is 4.80. The molecule has 3 heteroatoms. The van der Waals surface area contributed by atoms with Crippen molar-refractivity contribution >= 4 is 17.4 Å². The summed E-state index contributed by atoms with van der Waals surface area (Å²) in [6, 6.07) is 0. The van der Waals surface area contributed by atoms with E-state index >= 15 is 0 Å². The van der Waals surface area contributed by atoms with Gasteiger partial charge in [0.05, 0.1) is 0 Å². The highest BCUT2D eigenvalue weighted by atomic mass is 32.1. The lowest BCUT2D eigenvalue weighted by Gasteiger charge is -2.36. The van der Waals surface area contributed by atoms with E-state index in [1.54, 1.807) is 0 Å². The molecule has 0 radical (unpaired) electrons. The van der Waals surface area contributed by atoms with Crippen molar-refractivity contribution in [2.24, 2.45) is 23.5 Å². The molecular weight excluding hydrogens is 194 g/mol. The van der Waals surface area contributed by atoms with Gasteiger partial charge >= 0.3 is 0 Å². The van der Waals surface area contributed by atoms with Crippen molar-refractivity contribution in [3.8, 4) is 0 Å². The summed E-state index contributed by atoms with van der Waals surface area (Å²) in [6.07, 6.45) is 3.89. The third kappa shape index (κ3) is 3.12. The van der Waals surface area contributed by atoms with Crippen molar-refractivity contribution in [1.29, 1.82) is 0 Å². The number of rotatable bonds is 2. The average molecular weight is 215 g/mol. The number of hydrogen-bond donors (Lipinski definition) is 1. The standard InChI is InChI=1S/C11H21NOS/c1-7(2)9-5-4-8(3)6-10(9)13-11(12)14/h7-10H,4-6H2,1-3H3,(H2,12,14). The maximum absolute atomic E-state index is 5.54. The Morgan fingerprint density at radius 2 is 2.07 bits per heavy atom. The van der Waals surface area contributed by atoms with E-state index in [9.17, 15) is 0 Å². The Morgan fingerprint density at radius 3 is 2.57 bits per heavy atom. The summed E-state index contributed by atoms with van der Waals surface area (Å²) in [7, 11) is 0. The zero-order valence-electron chi connectivity index (χ0n) is 9.32. The van der Waals surface area contributed by atoms with Crippen LogP contribution in [0.2, 0.25) is 0 Å². The number of ether oxygens (including phenoxy) is 1. The smallest absolute Gasteiger partial charge is 0.254 e. The fraction of sp³-hybridized carbons (Fsp3) is 0.909. The lowest BCUT2D eigenvalue weighted by Crippen LogP contribution is -2.37. The summed E-state index contributed by atoms with van der Waals surface area (Å²) < 4.78 is 5.54. The molecule has 0 aliphatic heterocycles. The fourth-order valence-electron chi connectivity index (χ4n) is 2.40. The molecule has 82 valence electrons. The molecule has 0 heterocycles. The van der Waals surface area contributed by atoms with Crippen LogP contribution in [0.15, 0.2) is 0 Å². The van der Waals surface area contributed by atoms with Gasteiger partial charge in [0.15, 0.2) is 0 Å². The van der Waals surface area contributed by atoms with Crippen molar-refractivity contribution in [3.63, 3.8) is 0 Å². The molecule has 1 fully saturated rings. The van der Waals surface area contributed by atoms with Crippen LogP contribution in [-0.4, -0.2) is 11.3 Å². The first kappa shape index (κ1) is 11.8. The van der Waals surface area contributed by atoms with Crippen molar-refractivity contribution < 1.29 is 4.74 Å².